The van der Waals surface area contributed by atoms with Crippen molar-refractivity contribution < 1.29 is 59.4 Å². The molecule has 0 fully saturated rings. The van der Waals surface area contributed by atoms with E-state index in [1.54, 1.807) is 109 Å². The van der Waals surface area contributed by atoms with Gasteiger partial charge in [0.1, 0.15) is 36.3 Å². The Bertz CT molecular complexity index is 5090. The number of nitrogens with one attached hydrogen (secondary N) is 3. The number of nitrogens with zero attached hydrogens (tertiary/aromatic N) is 28. The Hall–Kier alpha value is -14.4. The lowest BCUT2D eigenvalue weighted by Crippen LogP contribution is -2.32. The Balaban J connectivity index is 0.000000199. The summed E-state index contributed by atoms with van der Waals surface area (Å²) in [6, 6.07) is 12.3. The van der Waals surface area contributed by atoms with Crippen LogP contribution in [0.4, 0.5) is 23.5 Å². The van der Waals surface area contributed by atoms with Crippen molar-refractivity contribution in [3.05, 3.63) is 209 Å². The van der Waals surface area contributed by atoms with Gasteiger partial charge in [-0.05, 0) is 148 Å². The van der Waals surface area contributed by atoms with E-state index in [4.69, 9.17) is 65.0 Å². The highest BCUT2D eigenvalue weighted by Crippen LogP contribution is 2.22. The first-order chi connectivity index (χ1) is 57.3. The topological polar surface area (TPSA) is 777 Å². The lowest BCUT2D eigenvalue weighted by Gasteiger charge is -2.08. The number of carboxylic acids is 6. The van der Waals surface area contributed by atoms with Gasteiger partial charge in [-0.2, -0.15) is 0 Å². The molecule has 21 N–H and O–H groups in total. The summed E-state index contributed by atoms with van der Waals surface area (Å²) in [7, 11) is 0. The van der Waals surface area contributed by atoms with Crippen molar-refractivity contribution in [3.63, 3.8) is 0 Å². The molecule has 0 saturated carbocycles. The fourth-order valence-electron chi connectivity index (χ4n) is 9.10. The van der Waals surface area contributed by atoms with Crippen LogP contribution >= 0.6 is 22.7 Å². The SMILES string of the molecule is Cc1nnc(Cc2cc(C[C@H](N)C(=O)O)cs2)nn1.Cc1nnc(Cc2ccc(C[C@H](N)C(=O)O)cn2)nn1.Cc1nnc(Cc2sccc2C[C@H](N)C(=O)O)nn1.Cc1nnc(NCc2ccc(C[C@H](N)C(=O)O)cn2)nn1.Cc1nnc(NCc2ccc(C[C@H](N)C(=O)O)nc2)nn1.Cc1nnc(Nc2ccnc(C[C@H](N)C(=O)O)c2)nn1. The first-order valence-electron chi connectivity index (χ1n) is 35.5. The van der Waals surface area contributed by atoms with Crippen molar-refractivity contribution in [2.75, 3.05) is 16.0 Å². The van der Waals surface area contributed by atoms with Crippen LogP contribution in [0.1, 0.15) is 113 Å². The van der Waals surface area contributed by atoms with Crippen molar-refractivity contribution in [2.45, 2.75) is 149 Å². The number of pyridine rings is 4. The highest BCUT2D eigenvalue weighted by molar-refractivity contribution is 7.10. The third-order valence-electron chi connectivity index (χ3n) is 15.3. The average molecular weight is 1690 g/mol. The van der Waals surface area contributed by atoms with Gasteiger partial charge in [0.15, 0.2) is 52.4 Å². The number of nitrogens with two attached hydrogens (primary N) is 6. The minimum absolute atomic E-state index is 0.135. The number of aliphatic carboxylic acids is 6. The van der Waals surface area contributed by atoms with Gasteiger partial charge in [0, 0.05) is 89.5 Å². The van der Waals surface area contributed by atoms with E-state index in [2.05, 4.69) is 158 Å². The molecule has 0 unspecified atom stereocenters. The minimum Gasteiger partial charge on any atom is -0.480 e. The van der Waals surface area contributed by atoms with Gasteiger partial charge in [-0.25, -0.2) is 0 Å². The standard InChI is InChI=1S/2C12H15N7O2.C12H14N6O2.C11H13N7O2.2C11H13N5O2S/c1-7-16-18-12(19-17-7)15-6-8-2-3-9(14-5-8)4-10(13)11(20)21;1-7-16-18-12(19-17-7)15-6-9-3-2-8(5-14-9)4-10(13)11(20)21;1-7-15-17-11(18-16-7)5-9-3-2-8(6-14-9)4-10(13)12(19)20;1-6-15-17-11(18-16-6)14-7-2-3-13-8(4-7)5-9(12)10(19)20;1-6-13-15-10(16-14-6)4-8-2-7(5-19-8)3-9(12)11(17)18;1-6-13-15-10(16-14-6)5-9-7(2-3-19-9)4-8(12)11(17)18/h2*2-3,5,10H,4,6,13H2,1H3,(H,20,21)(H,15,18,19);2-3,6,10H,4-5,13H2,1H3,(H,19,20);2-4,9H,5,12H2,1H3,(H,19,20)(H,13,14,17,18);2,5,9H,3-4,12H2,1H3,(H,17,18);2-3,8H,4-5,12H2,1H3,(H,17,18)/t3*10-;2*9-;8-/m000000/s1. The number of aromatic nitrogens is 28. The molecule has 0 bridgehead atoms. The minimum atomic E-state index is -1.07. The molecule has 12 aromatic rings. The van der Waals surface area contributed by atoms with E-state index < -0.39 is 72.1 Å². The van der Waals surface area contributed by atoms with E-state index in [0.29, 0.717) is 127 Å². The summed E-state index contributed by atoms with van der Waals surface area (Å²) in [5.74, 6) is -0.709. The summed E-state index contributed by atoms with van der Waals surface area (Å²) in [5, 5.41) is 157. The van der Waals surface area contributed by atoms with E-state index in [-0.39, 0.29) is 31.6 Å². The number of aryl methyl sites for hydroxylation is 6. The molecule has 6 atom stereocenters. The van der Waals surface area contributed by atoms with Crippen LogP contribution in [0.15, 0.2) is 96.2 Å². The maximum absolute atomic E-state index is 10.8. The smallest absolute Gasteiger partial charge is 0.320 e. The Morgan fingerprint density at radius 3 is 1.15 bits per heavy atom. The van der Waals surface area contributed by atoms with E-state index in [1.807, 2.05) is 29.0 Å². The number of thiophene rings is 2. The molecular formula is C69H83N37O12S2. The molecule has 12 rings (SSSR count). The predicted molar refractivity (Wildman–Crippen MR) is 422 cm³/mol. The van der Waals surface area contributed by atoms with Gasteiger partial charge in [-0.1, -0.05) is 18.2 Å². The number of anilines is 4. The van der Waals surface area contributed by atoms with Crippen molar-refractivity contribution in [1.82, 2.24) is 142 Å². The van der Waals surface area contributed by atoms with Crippen LogP contribution in [-0.4, -0.2) is 245 Å². The van der Waals surface area contributed by atoms with Gasteiger partial charge in [0.25, 0.3) is 17.8 Å². The van der Waals surface area contributed by atoms with E-state index in [9.17, 15) is 28.8 Å². The molecule has 120 heavy (non-hydrogen) atoms. The molecule has 51 heteroatoms. The van der Waals surface area contributed by atoms with Gasteiger partial charge in [-0.3, -0.25) is 48.7 Å². The van der Waals surface area contributed by atoms with E-state index in [1.165, 1.54) is 22.7 Å². The summed E-state index contributed by atoms with van der Waals surface area (Å²) < 4.78 is 0. The molecule has 12 aromatic heterocycles. The second-order valence-corrected chi connectivity index (χ2v) is 27.5. The van der Waals surface area contributed by atoms with E-state index >= 15 is 0 Å². The lowest BCUT2D eigenvalue weighted by atomic mass is 10.1. The predicted octanol–water partition coefficient (Wildman–Crippen LogP) is -1.38. The Labute approximate surface area is 688 Å². The average Bonchev–Trinajstić information content (AvgIpc) is 1.75. The molecule has 0 aromatic carbocycles. The molecule has 0 saturated heterocycles. The van der Waals surface area contributed by atoms with Gasteiger partial charge < -0.3 is 81.0 Å². The van der Waals surface area contributed by atoms with Gasteiger partial charge in [-0.15, -0.1) is 145 Å². The number of rotatable bonds is 32. The molecule has 0 amide bonds. The Kier molecular flexibility index (Phi) is 36.8. The molecule has 12 heterocycles. The number of carboxylic acid groups (broad SMARTS) is 6. The largest absolute Gasteiger partial charge is 0.480 e. The van der Waals surface area contributed by atoms with Crippen molar-refractivity contribution >= 4 is 82.0 Å². The summed E-state index contributed by atoms with van der Waals surface area (Å²) in [5.41, 5.74) is 40.5. The highest BCUT2D eigenvalue weighted by atomic mass is 32.1. The van der Waals surface area contributed by atoms with Crippen LogP contribution < -0.4 is 50.4 Å². The highest BCUT2D eigenvalue weighted by Gasteiger charge is 2.20. The van der Waals surface area contributed by atoms with Crippen molar-refractivity contribution in [1.29, 1.82) is 0 Å². The molecular weight excluding hydrogens is 1600 g/mol. The van der Waals surface area contributed by atoms with Crippen LogP contribution in [0.25, 0.3) is 0 Å². The quantitative estimate of drug-likeness (QED) is 0.0231. The zero-order chi connectivity index (χ0) is 87.2. The second kappa shape index (κ2) is 47.6. The normalized spacial score (nSPS) is 12.1. The Morgan fingerprint density at radius 2 is 0.708 bits per heavy atom. The number of hydrogen-bond acceptors (Lipinski definition) is 45. The number of carbonyl (C=O) groups is 6. The second-order valence-electron chi connectivity index (χ2n) is 25.5. The van der Waals surface area contributed by atoms with Gasteiger partial charge in [0.05, 0.1) is 18.7 Å². The summed E-state index contributed by atoms with van der Waals surface area (Å²) in [6.07, 6.45) is 9.26. The summed E-state index contributed by atoms with van der Waals surface area (Å²) in [6.45, 7) is 11.1. The van der Waals surface area contributed by atoms with Crippen LogP contribution in [0.2, 0.25) is 0 Å². The first-order valence-corrected chi connectivity index (χ1v) is 37.3. The van der Waals surface area contributed by atoms with Gasteiger partial charge >= 0.3 is 35.8 Å². The first kappa shape index (κ1) is 92.8. The maximum Gasteiger partial charge on any atom is 0.320 e. The molecule has 0 aliphatic carbocycles. The molecule has 0 radical (unpaired) electrons. The van der Waals surface area contributed by atoms with Crippen LogP contribution in [0, 0.1) is 41.5 Å². The zero-order valence-corrected chi connectivity index (χ0v) is 66.5. The fourth-order valence-corrected chi connectivity index (χ4v) is 10.9. The molecule has 0 spiro atoms. The zero-order valence-electron chi connectivity index (χ0n) is 64.9. The summed E-state index contributed by atoms with van der Waals surface area (Å²) in [4.78, 5) is 82.8. The fraction of sp³-hybridized carbons (Fsp3) is 0.333. The van der Waals surface area contributed by atoms with E-state index in [0.717, 1.165) is 49.0 Å². The monoisotopic (exact) mass is 1690 g/mol. The van der Waals surface area contributed by atoms with Crippen LogP contribution in [0.3, 0.4) is 0 Å². The van der Waals surface area contributed by atoms with Crippen molar-refractivity contribution in [3.8, 4) is 0 Å². The molecule has 628 valence electrons. The maximum atomic E-state index is 10.8. The Morgan fingerprint density at radius 1 is 0.342 bits per heavy atom. The molecule has 0 aliphatic heterocycles. The van der Waals surface area contributed by atoms with Crippen molar-refractivity contribution in [2.24, 2.45) is 34.4 Å². The van der Waals surface area contributed by atoms with Gasteiger partial charge in [0.2, 0.25) is 0 Å². The molecule has 49 nitrogen and oxygen atoms in total. The third-order valence-corrected chi connectivity index (χ3v) is 17.3. The lowest BCUT2D eigenvalue weighted by molar-refractivity contribution is -0.139. The molecule has 0 aliphatic rings. The third kappa shape index (κ3) is 34.2. The summed E-state index contributed by atoms with van der Waals surface area (Å²) >= 11 is 3.04. The number of hydrogen-bond donors (Lipinski definition) is 15. The van der Waals surface area contributed by atoms with Crippen LogP contribution in [0.5, 0.6) is 0 Å². The van der Waals surface area contributed by atoms with Crippen LogP contribution in [-0.2, 0) is 99.6 Å².